The molecule has 2 aromatic heterocycles. The van der Waals surface area contributed by atoms with Gasteiger partial charge in [0.2, 0.25) is 11.7 Å². The number of ketones is 1. The van der Waals surface area contributed by atoms with Crippen LogP contribution in [0.5, 0.6) is 0 Å². The Morgan fingerprint density at radius 3 is 2.70 bits per heavy atom. The number of fused-ring (bicyclic) bond motifs is 2. The van der Waals surface area contributed by atoms with Crippen LogP contribution in [0.2, 0.25) is 0 Å². The Kier molecular flexibility index (Phi) is 3.45. The molecular formula is C22H23N3O2. The lowest BCUT2D eigenvalue weighted by Gasteiger charge is -2.40. The van der Waals surface area contributed by atoms with Crippen LogP contribution < -0.4 is 0 Å². The zero-order valence-corrected chi connectivity index (χ0v) is 15.9. The van der Waals surface area contributed by atoms with E-state index < -0.39 is 0 Å². The second-order valence-corrected chi connectivity index (χ2v) is 8.35. The molecule has 0 spiro atoms. The molecule has 2 aliphatic carbocycles. The van der Waals surface area contributed by atoms with Crippen LogP contribution >= 0.6 is 0 Å². The Balaban J connectivity index is 1.64. The van der Waals surface area contributed by atoms with Crippen molar-refractivity contribution in [2.75, 3.05) is 13.1 Å². The van der Waals surface area contributed by atoms with Gasteiger partial charge in [0.15, 0.2) is 0 Å². The van der Waals surface area contributed by atoms with Crippen molar-refractivity contribution in [2.24, 2.45) is 11.8 Å². The molecule has 0 aromatic carbocycles. The number of allylic oxidation sites excluding steroid dienone is 2. The predicted octanol–water partition coefficient (Wildman–Crippen LogP) is 3.36. The smallest absolute Gasteiger partial charge is 0.245 e. The van der Waals surface area contributed by atoms with Crippen LogP contribution in [-0.4, -0.2) is 39.2 Å². The zero-order valence-electron chi connectivity index (χ0n) is 15.9. The Morgan fingerprint density at radius 1 is 1.22 bits per heavy atom. The van der Waals surface area contributed by atoms with E-state index in [1.54, 1.807) is 0 Å². The quantitative estimate of drug-likeness (QED) is 0.842. The van der Waals surface area contributed by atoms with E-state index in [4.69, 9.17) is 0 Å². The summed E-state index contributed by atoms with van der Waals surface area (Å²) >= 11 is 0. The standard InChI is InChI=1S/C22H23N3O2/c1-12(2)19(22(27)24-10-13(3)11-24)25-9-7-15-14-6-8-23-17-5-4-16(18(14)17)21(26)20(15)25/h4,6-9,12-13,19H,5,10-11H2,1-3H3. The van der Waals surface area contributed by atoms with Gasteiger partial charge in [-0.1, -0.05) is 26.8 Å². The van der Waals surface area contributed by atoms with E-state index in [-0.39, 0.29) is 23.7 Å². The van der Waals surface area contributed by atoms with E-state index in [0.717, 1.165) is 41.0 Å². The molecule has 0 saturated carbocycles. The first kappa shape index (κ1) is 16.5. The average Bonchev–Trinajstić information content (AvgIpc) is 3.22. The van der Waals surface area contributed by atoms with E-state index in [2.05, 4.69) is 25.8 Å². The number of rotatable bonds is 3. The van der Waals surface area contributed by atoms with Gasteiger partial charge in [-0.05, 0) is 29.5 Å². The molecule has 0 bridgehead atoms. The first-order valence-corrected chi connectivity index (χ1v) is 9.70. The number of Topliss-reactive ketones (excluding diaryl/α,β-unsaturated/α-hetero) is 1. The number of amides is 1. The lowest BCUT2D eigenvalue weighted by molar-refractivity contribution is -0.142. The van der Waals surface area contributed by atoms with Crippen molar-refractivity contribution in [3.8, 4) is 11.1 Å². The first-order valence-electron chi connectivity index (χ1n) is 9.70. The van der Waals surface area contributed by atoms with Crippen molar-refractivity contribution in [1.29, 1.82) is 0 Å². The van der Waals surface area contributed by atoms with Crippen molar-refractivity contribution < 1.29 is 9.59 Å². The molecule has 3 heterocycles. The highest BCUT2D eigenvalue weighted by atomic mass is 16.2. The molecule has 0 N–H and O–H groups in total. The van der Waals surface area contributed by atoms with E-state index in [1.165, 1.54) is 0 Å². The Hall–Kier alpha value is -2.69. The number of hydrogen-bond donors (Lipinski definition) is 0. The Bertz CT molecular complexity index is 1010. The van der Waals surface area contributed by atoms with E-state index >= 15 is 0 Å². The predicted molar refractivity (Wildman–Crippen MR) is 103 cm³/mol. The van der Waals surface area contributed by atoms with Crippen molar-refractivity contribution >= 4 is 17.3 Å². The van der Waals surface area contributed by atoms with Crippen LogP contribution in [0, 0.1) is 11.8 Å². The Labute approximate surface area is 158 Å². The second-order valence-electron chi connectivity index (χ2n) is 8.35. The normalized spacial score (nSPS) is 18.9. The summed E-state index contributed by atoms with van der Waals surface area (Å²) in [7, 11) is 0. The molecule has 5 nitrogen and oxygen atoms in total. The minimum atomic E-state index is -0.352. The minimum absolute atomic E-state index is 0.0182. The maximum atomic E-state index is 13.3. The van der Waals surface area contributed by atoms with Crippen molar-refractivity contribution in [1.82, 2.24) is 14.5 Å². The summed E-state index contributed by atoms with van der Waals surface area (Å²) in [5, 5.41) is 0. The fraction of sp³-hybridized carbons (Fsp3) is 0.409. The highest BCUT2D eigenvalue weighted by Crippen LogP contribution is 2.45. The van der Waals surface area contributed by atoms with Gasteiger partial charge in [0, 0.05) is 48.6 Å². The molecule has 2 aromatic rings. The third kappa shape index (κ3) is 2.20. The molecule has 1 fully saturated rings. The lowest BCUT2D eigenvalue weighted by Crippen LogP contribution is -2.52. The van der Waals surface area contributed by atoms with Crippen LogP contribution in [0.1, 0.15) is 48.6 Å². The van der Waals surface area contributed by atoms with Gasteiger partial charge in [-0.2, -0.15) is 0 Å². The average molecular weight is 361 g/mol. The van der Waals surface area contributed by atoms with Gasteiger partial charge < -0.3 is 9.47 Å². The van der Waals surface area contributed by atoms with Crippen LogP contribution in [0.3, 0.4) is 0 Å². The SMILES string of the molecule is CC1CN(C(=O)C(C(C)C)n2ccc3c2C(=O)C2=CCc4nccc-3c42)C1. The molecule has 27 heavy (non-hydrogen) atoms. The van der Waals surface area contributed by atoms with Gasteiger partial charge in [0.05, 0.1) is 11.4 Å². The van der Waals surface area contributed by atoms with E-state index in [9.17, 15) is 9.59 Å². The van der Waals surface area contributed by atoms with Gasteiger partial charge in [-0.25, -0.2) is 0 Å². The van der Waals surface area contributed by atoms with Crippen molar-refractivity contribution in [3.05, 3.63) is 47.6 Å². The summed E-state index contributed by atoms with van der Waals surface area (Å²) in [6, 6.07) is 3.62. The molecule has 1 atom stereocenters. The van der Waals surface area contributed by atoms with E-state index in [1.807, 2.05) is 40.1 Å². The number of nitrogens with zero attached hydrogens (tertiary/aromatic N) is 3. The van der Waals surface area contributed by atoms with Crippen molar-refractivity contribution in [2.45, 2.75) is 33.2 Å². The topological polar surface area (TPSA) is 55.2 Å². The second kappa shape index (κ2) is 5.65. The van der Waals surface area contributed by atoms with E-state index in [0.29, 0.717) is 18.0 Å². The maximum Gasteiger partial charge on any atom is 0.245 e. The summed E-state index contributed by atoms with van der Waals surface area (Å²) < 4.78 is 1.93. The minimum Gasteiger partial charge on any atom is -0.340 e. The van der Waals surface area contributed by atoms with Gasteiger partial charge >= 0.3 is 0 Å². The number of likely N-dealkylation sites (tertiary alicyclic amines) is 1. The van der Waals surface area contributed by atoms with Gasteiger partial charge in [0.25, 0.3) is 0 Å². The molecule has 5 heteroatoms. The molecule has 1 amide bonds. The first-order chi connectivity index (χ1) is 13.0. The fourth-order valence-electron chi connectivity index (χ4n) is 4.75. The summed E-state index contributed by atoms with van der Waals surface area (Å²) in [4.78, 5) is 32.9. The molecule has 138 valence electrons. The monoisotopic (exact) mass is 361 g/mol. The molecule has 3 aliphatic rings. The number of carbonyl (C=O) groups is 2. The zero-order chi connectivity index (χ0) is 18.9. The number of aromatic nitrogens is 2. The lowest BCUT2D eigenvalue weighted by atomic mass is 9.86. The van der Waals surface area contributed by atoms with Crippen LogP contribution in [-0.2, 0) is 11.2 Å². The maximum absolute atomic E-state index is 13.3. The molecule has 1 saturated heterocycles. The van der Waals surface area contributed by atoms with Gasteiger partial charge in [0.1, 0.15) is 6.04 Å². The fourth-order valence-corrected chi connectivity index (χ4v) is 4.75. The number of hydrogen-bond acceptors (Lipinski definition) is 3. The molecular weight excluding hydrogens is 338 g/mol. The Morgan fingerprint density at radius 2 is 2.00 bits per heavy atom. The van der Waals surface area contributed by atoms with Crippen LogP contribution in [0.25, 0.3) is 16.7 Å². The van der Waals surface area contributed by atoms with Crippen molar-refractivity contribution in [3.63, 3.8) is 0 Å². The molecule has 1 aliphatic heterocycles. The highest BCUT2D eigenvalue weighted by Gasteiger charge is 2.40. The molecule has 1 unspecified atom stereocenters. The largest absolute Gasteiger partial charge is 0.340 e. The number of carbonyl (C=O) groups excluding carboxylic acids is 2. The van der Waals surface area contributed by atoms with Gasteiger partial charge in [-0.15, -0.1) is 0 Å². The molecule has 0 radical (unpaired) electrons. The third-order valence-corrected chi connectivity index (χ3v) is 6.02. The summed E-state index contributed by atoms with van der Waals surface area (Å²) in [5.41, 5.74) is 5.33. The molecule has 5 rings (SSSR count). The summed E-state index contributed by atoms with van der Waals surface area (Å²) in [5.74, 6) is 0.800. The van der Waals surface area contributed by atoms with Crippen LogP contribution in [0.15, 0.2) is 30.6 Å². The summed E-state index contributed by atoms with van der Waals surface area (Å²) in [6.07, 6.45) is 6.41. The van der Waals surface area contributed by atoms with Crippen LogP contribution in [0.4, 0.5) is 0 Å². The number of pyridine rings is 1. The van der Waals surface area contributed by atoms with Gasteiger partial charge in [-0.3, -0.25) is 14.6 Å². The summed E-state index contributed by atoms with van der Waals surface area (Å²) in [6.45, 7) is 7.88. The third-order valence-electron chi connectivity index (χ3n) is 6.02. The highest BCUT2D eigenvalue weighted by molar-refractivity contribution is 6.34.